The van der Waals surface area contributed by atoms with Crippen LogP contribution in [0.1, 0.15) is 13.8 Å². The Balaban J connectivity index is 1.95. The first kappa shape index (κ1) is 12.5. The minimum Gasteiger partial charge on any atom is -0.366 e. The molecular weight excluding hydrogens is 232 g/mol. The van der Waals surface area contributed by atoms with E-state index in [0.29, 0.717) is 12.1 Å². The van der Waals surface area contributed by atoms with Crippen molar-refractivity contribution in [1.29, 1.82) is 0 Å². The van der Waals surface area contributed by atoms with Crippen molar-refractivity contribution in [3.63, 3.8) is 0 Å². The van der Waals surface area contributed by atoms with E-state index >= 15 is 0 Å². The first-order valence-corrected chi connectivity index (χ1v) is 7.11. The Morgan fingerprint density at radius 2 is 1.63 bits per heavy atom. The van der Waals surface area contributed by atoms with E-state index in [4.69, 9.17) is 0 Å². The second kappa shape index (κ2) is 4.86. The Kier molecular flexibility index (Phi) is 3.19. The molecule has 2 atom stereocenters. The molecule has 0 bridgehead atoms. The topological polar surface area (TPSA) is 6.48 Å². The van der Waals surface area contributed by atoms with Crippen molar-refractivity contribution < 1.29 is 0 Å². The highest BCUT2D eigenvalue weighted by atomic mass is 15.3. The molecule has 2 nitrogen and oxygen atoms in total. The third-order valence-electron chi connectivity index (χ3n) is 4.36. The van der Waals surface area contributed by atoms with Crippen LogP contribution in [0.4, 0.5) is 5.69 Å². The van der Waals surface area contributed by atoms with Gasteiger partial charge in [-0.25, -0.2) is 0 Å². The predicted octanol–water partition coefficient (Wildman–Crippen LogP) is 3.37. The third-order valence-corrected chi connectivity index (χ3v) is 4.36. The molecule has 1 aliphatic heterocycles. The number of piperazine rings is 1. The summed E-state index contributed by atoms with van der Waals surface area (Å²) in [5.41, 5.74) is 1.35. The Hall–Kier alpha value is -1.54. The number of rotatable bonds is 1. The summed E-state index contributed by atoms with van der Waals surface area (Å²) in [4.78, 5) is 4.99. The van der Waals surface area contributed by atoms with Gasteiger partial charge in [-0.15, -0.1) is 0 Å². The number of fused-ring (bicyclic) bond motifs is 1. The van der Waals surface area contributed by atoms with Gasteiger partial charge in [-0.3, -0.25) is 4.90 Å². The van der Waals surface area contributed by atoms with Crippen LogP contribution in [0.2, 0.25) is 0 Å². The van der Waals surface area contributed by atoms with Crippen LogP contribution >= 0.6 is 0 Å². The third kappa shape index (κ3) is 2.33. The van der Waals surface area contributed by atoms with E-state index in [2.05, 4.69) is 73.2 Å². The lowest BCUT2D eigenvalue weighted by molar-refractivity contribution is 0.206. The van der Waals surface area contributed by atoms with Crippen molar-refractivity contribution >= 4 is 16.5 Å². The smallest absolute Gasteiger partial charge is 0.0389 e. The predicted molar refractivity (Wildman–Crippen MR) is 82.8 cm³/mol. The van der Waals surface area contributed by atoms with Gasteiger partial charge in [0.2, 0.25) is 0 Å². The zero-order chi connectivity index (χ0) is 13.4. The van der Waals surface area contributed by atoms with E-state index < -0.39 is 0 Å². The summed E-state index contributed by atoms with van der Waals surface area (Å²) < 4.78 is 0. The summed E-state index contributed by atoms with van der Waals surface area (Å²) >= 11 is 0. The van der Waals surface area contributed by atoms with E-state index in [1.807, 2.05) is 0 Å². The molecule has 2 heteroatoms. The standard InChI is InChI=1S/C17H22N2/c1-13-12-19(14(2)11-18(13)3)17-9-8-15-6-4-5-7-16(15)10-17/h4-10,13-14H,11-12H2,1-3H3/t13-,14+/m0/s1. The SMILES string of the molecule is C[C@@H]1CN(C)[C@@H](C)CN1c1ccc2ccccc2c1. The van der Waals surface area contributed by atoms with Crippen molar-refractivity contribution in [2.75, 3.05) is 25.0 Å². The molecule has 0 saturated carbocycles. The highest BCUT2D eigenvalue weighted by Gasteiger charge is 2.26. The zero-order valence-corrected chi connectivity index (χ0v) is 12.0. The van der Waals surface area contributed by atoms with Crippen molar-refractivity contribution in [2.45, 2.75) is 25.9 Å². The lowest BCUT2D eigenvalue weighted by Gasteiger charge is -2.43. The fourth-order valence-corrected chi connectivity index (χ4v) is 3.01. The van der Waals surface area contributed by atoms with Crippen LogP contribution in [0, 0.1) is 0 Å². The Bertz CT molecular complexity index is 578. The molecule has 19 heavy (non-hydrogen) atoms. The van der Waals surface area contributed by atoms with Crippen molar-refractivity contribution in [3.05, 3.63) is 42.5 Å². The van der Waals surface area contributed by atoms with Crippen LogP contribution in [0.15, 0.2) is 42.5 Å². The van der Waals surface area contributed by atoms with Crippen LogP contribution < -0.4 is 4.90 Å². The maximum absolute atomic E-state index is 2.54. The van der Waals surface area contributed by atoms with Gasteiger partial charge in [-0.1, -0.05) is 30.3 Å². The lowest BCUT2D eigenvalue weighted by atomic mass is 10.1. The molecule has 2 aromatic carbocycles. The molecular formula is C17H22N2. The summed E-state index contributed by atoms with van der Waals surface area (Å²) in [6.07, 6.45) is 0. The Morgan fingerprint density at radius 3 is 2.42 bits per heavy atom. The molecule has 100 valence electrons. The molecule has 0 aromatic heterocycles. The molecule has 1 aliphatic rings. The van der Waals surface area contributed by atoms with Gasteiger partial charge in [0.05, 0.1) is 0 Å². The molecule has 3 rings (SSSR count). The van der Waals surface area contributed by atoms with Gasteiger partial charge in [0, 0.05) is 30.9 Å². The van der Waals surface area contributed by atoms with Crippen LogP contribution in [0.25, 0.3) is 10.8 Å². The average molecular weight is 254 g/mol. The van der Waals surface area contributed by atoms with E-state index in [0.717, 1.165) is 13.1 Å². The van der Waals surface area contributed by atoms with E-state index in [-0.39, 0.29) is 0 Å². The van der Waals surface area contributed by atoms with Crippen LogP contribution in [0.3, 0.4) is 0 Å². The first-order chi connectivity index (χ1) is 9.15. The van der Waals surface area contributed by atoms with Crippen molar-refractivity contribution in [2.24, 2.45) is 0 Å². The first-order valence-electron chi connectivity index (χ1n) is 7.11. The van der Waals surface area contributed by atoms with Crippen molar-refractivity contribution in [1.82, 2.24) is 4.90 Å². The summed E-state index contributed by atoms with van der Waals surface area (Å²) in [5.74, 6) is 0. The molecule has 1 heterocycles. The van der Waals surface area contributed by atoms with E-state index in [1.165, 1.54) is 16.5 Å². The number of hydrogen-bond acceptors (Lipinski definition) is 2. The maximum Gasteiger partial charge on any atom is 0.0389 e. The molecule has 0 spiro atoms. The van der Waals surface area contributed by atoms with Gasteiger partial charge in [0.15, 0.2) is 0 Å². The lowest BCUT2D eigenvalue weighted by Crippen LogP contribution is -2.55. The van der Waals surface area contributed by atoms with Gasteiger partial charge in [0.1, 0.15) is 0 Å². The second-order valence-corrected chi connectivity index (χ2v) is 5.82. The number of likely N-dealkylation sites (N-methyl/N-ethyl adjacent to an activating group) is 1. The van der Waals surface area contributed by atoms with Gasteiger partial charge >= 0.3 is 0 Å². The van der Waals surface area contributed by atoms with Gasteiger partial charge in [-0.2, -0.15) is 0 Å². The molecule has 1 saturated heterocycles. The molecule has 0 N–H and O–H groups in total. The second-order valence-electron chi connectivity index (χ2n) is 5.82. The van der Waals surface area contributed by atoms with Gasteiger partial charge < -0.3 is 4.90 Å². The minimum absolute atomic E-state index is 0.572. The van der Waals surface area contributed by atoms with Crippen molar-refractivity contribution in [3.8, 4) is 0 Å². The summed E-state index contributed by atoms with van der Waals surface area (Å²) in [5, 5.41) is 2.65. The quantitative estimate of drug-likeness (QED) is 0.770. The highest BCUT2D eigenvalue weighted by Crippen LogP contribution is 2.26. The largest absolute Gasteiger partial charge is 0.366 e. The molecule has 0 amide bonds. The normalized spacial score (nSPS) is 24.9. The average Bonchev–Trinajstić information content (AvgIpc) is 2.42. The van der Waals surface area contributed by atoms with Crippen LogP contribution in [-0.2, 0) is 0 Å². The minimum atomic E-state index is 0.572. The Morgan fingerprint density at radius 1 is 0.895 bits per heavy atom. The number of nitrogens with zero attached hydrogens (tertiary/aromatic N) is 2. The van der Waals surface area contributed by atoms with Crippen LogP contribution in [-0.4, -0.2) is 37.1 Å². The number of anilines is 1. The molecule has 1 fully saturated rings. The summed E-state index contributed by atoms with van der Waals surface area (Å²) in [6.45, 7) is 6.86. The monoisotopic (exact) mass is 254 g/mol. The summed E-state index contributed by atoms with van der Waals surface area (Å²) in [7, 11) is 2.22. The van der Waals surface area contributed by atoms with Gasteiger partial charge in [0.25, 0.3) is 0 Å². The summed E-state index contributed by atoms with van der Waals surface area (Å²) in [6, 6.07) is 16.6. The fourth-order valence-electron chi connectivity index (χ4n) is 3.01. The maximum atomic E-state index is 2.54. The highest BCUT2D eigenvalue weighted by molar-refractivity contribution is 5.85. The van der Waals surface area contributed by atoms with Crippen LogP contribution in [0.5, 0.6) is 0 Å². The van der Waals surface area contributed by atoms with E-state index in [1.54, 1.807) is 0 Å². The fraction of sp³-hybridized carbons (Fsp3) is 0.412. The van der Waals surface area contributed by atoms with E-state index in [9.17, 15) is 0 Å². The Labute approximate surface area is 115 Å². The number of benzene rings is 2. The molecule has 0 aliphatic carbocycles. The number of hydrogen-bond donors (Lipinski definition) is 0. The molecule has 0 radical (unpaired) electrons. The zero-order valence-electron chi connectivity index (χ0n) is 12.0. The molecule has 2 aromatic rings. The molecule has 0 unspecified atom stereocenters. The van der Waals surface area contributed by atoms with Gasteiger partial charge in [-0.05, 0) is 43.8 Å².